The van der Waals surface area contributed by atoms with Crippen LogP contribution < -0.4 is 0 Å². The second kappa shape index (κ2) is 7.78. The lowest BCUT2D eigenvalue weighted by molar-refractivity contribution is -0.145. The molecule has 2 heterocycles. The molecule has 2 saturated heterocycles. The van der Waals surface area contributed by atoms with Crippen LogP contribution in [0.3, 0.4) is 0 Å². The van der Waals surface area contributed by atoms with Gasteiger partial charge >= 0.3 is 0 Å². The number of amides is 2. The molecule has 1 atom stereocenters. The normalized spacial score (nSPS) is 22.1. The maximum Gasteiger partial charge on any atom is 0.253 e. The van der Waals surface area contributed by atoms with Gasteiger partial charge < -0.3 is 9.80 Å². The van der Waals surface area contributed by atoms with E-state index in [1.54, 1.807) is 0 Å². The van der Waals surface area contributed by atoms with Crippen molar-refractivity contribution in [2.75, 3.05) is 26.2 Å². The van der Waals surface area contributed by atoms with Gasteiger partial charge in [0.25, 0.3) is 5.91 Å². The molecule has 2 fully saturated rings. The van der Waals surface area contributed by atoms with Gasteiger partial charge in [0, 0.05) is 31.7 Å². The van der Waals surface area contributed by atoms with Crippen LogP contribution in [0.5, 0.6) is 0 Å². The minimum absolute atomic E-state index is 0.0507. The van der Waals surface area contributed by atoms with E-state index in [0.29, 0.717) is 13.1 Å². The molecule has 2 aromatic rings. The largest absolute Gasteiger partial charge is 0.342 e. The summed E-state index contributed by atoms with van der Waals surface area (Å²) < 4.78 is 0. The fourth-order valence-corrected chi connectivity index (χ4v) is 4.66. The Morgan fingerprint density at radius 3 is 2.64 bits per heavy atom. The maximum absolute atomic E-state index is 13.3. The van der Waals surface area contributed by atoms with Crippen molar-refractivity contribution < 1.29 is 9.59 Å². The number of nitrogens with zero attached hydrogens (tertiary/aromatic N) is 2. The molecule has 28 heavy (non-hydrogen) atoms. The Bertz CT molecular complexity index is 864. The number of aryl methyl sites for hydroxylation is 1. The summed E-state index contributed by atoms with van der Waals surface area (Å²) in [5.74, 6) is 0.295. The van der Waals surface area contributed by atoms with Gasteiger partial charge in [0.05, 0.1) is 5.41 Å². The molecule has 0 bridgehead atoms. The smallest absolute Gasteiger partial charge is 0.253 e. The zero-order valence-corrected chi connectivity index (χ0v) is 16.6. The van der Waals surface area contributed by atoms with Gasteiger partial charge in [0.1, 0.15) is 0 Å². The van der Waals surface area contributed by atoms with Gasteiger partial charge in [-0.2, -0.15) is 0 Å². The molecule has 0 aromatic heterocycles. The van der Waals surface area contributed by atoms with Crippen molar-refractivity contribution in [2.24, 2.45) is 5.41 Å². The van der Waals surface area contributed by atoms with Gasteiger partial charge in [-0.25, -0.2) is 0 Å². The summed E-state index contributed by atoms with van der Waals surface area (Å²) >= 11 is 0. The van der Waals surface area contributed by atoms with Gasteiger partial charge in [-0.15, -0.1) is 0 Å². The molecule has 0 saturated carbocycles. The number of piperidine rings is 1. The minimum Gasteiger partial charge on any atom is -0.342 e. The molecule has 4 nitrogen and oxygen atoms in total. The van der Waals surface area contributed by atoms with Crippen LogP contribution in [0.2, 0.25) is 0 Å². The second-order valence-corrected chi connectivity index (χ2v) is 8.26. The van der Waals surface area contributed by atoms with Crippen molar-refractivity contribution in [3.8, 4) is 0 Å². The lowest BCUT2D eigenvalue weighted by atomic mass is 9.78. The van der Waals surface area contributed by atoms with Gasteiger partial charge in [-0.3, -0.25) is 9.59 Å². The molecular formula is C24H28N2O2. The van der Waals surface area contributed by atoms with Gasteiger partial charge in [-0.05, 0) is 50.3 Å². The van der Waals surface area contributed by atoms with Crippen LogP contribution in [0.15, 0.2) is 54.6 Å². The maximum atomic E-state index is 13.3. The van der Waals surface area contributed by atoms with E-state index in [-0.39, 0.29) is 17.2 Å². The number of carbonyl (C=O) groups excluding carboxylic acids is 2. The van der Waals surface area contributed by atoms with E-state index in [0.717, 1.165) is 49.9 Å². The van der Waals surface area contributed by atoms with Crippen LogP contribution >= 0.6 is 0 Å². The first-order chi connectivity index (χ1) is 13.6. The number of benzene rings is 2. The fourth-order valence-electron chi connectivity index (χ4n) is 4.66. The highest BCUT2D eigenvalue weighted by atomic mass is 16.2. The first kappa shape index (κ1) is 18.7. The van der Waals surface area contributed by atoms with E-state index >= 15 is 0 Å². The minimum atomic E-state index is -0.381. The van der Waals surface area contributed by atoms with Crippen molar-refractivity contribution in [1.82, 2.24) is 9.80 Å². The zero-order chi connectivity index (χ0) is 19.6. The first-order valence-electron chi connectivity index (χ1n) is 10.3. The summed E-state index contributed by atoms with van der Waals surface area (Å²) in [5.41, 5.74) is 2.69. The first-order valence-corrected chi connectivity index (χ1v) is 10.3. The fraction of sp³-hybridized carbons (Fsp3) is 0.417. The molecule has 1 spiro atoms. The van der Waals surface area contributed by atoms with Crippen molar-refractivity contribution >= 4 is 11.8 Å². The third-order valence-electron chi connectivity index (χ3n) is 6.24. The molecule has 0 radical (unpaired) electrons. The van der Waals surface area contributed by atoms with Gasteiger partial charge in [0.2, 0.25) is 5.91 Å². The second-order valence-electron chi connectivity index (χ2n) is 8.26. The van der Waals surface area contributed by atoms with E-state index < -0.39 is 0 Å². The lowest BCUT2D eigenvalue weighted by Gasteiger charge is -2.39. The number of likely N-dealkylation sites (tertiary alicyclic amines) is 2. The number of rotatable bonds is 4. The van der Waals surface area contributed by atoms with Crippen molar-refractivity contribution in [2.45, 2.75) is 32.6 Å². The molecule has 1 unspecified atom stereocenters. The number of hydrogen-bond acceptors (Lipinski definition) is 2. The molecule has 2 aliphatic rings. The third kappa shape index (κ3) is 3.68. The summed E-state index contributed by atoms with van der Waals surface area (Å²) in [6, 6.07) is 18.1. The molecule has 0 N–H and O–H groups in total. The predicted octanol–water partition coefficient (Wildman–Crippen LogP) is 3.69. The topological polar surface area (TPSA) is 40.6 Å². The molecule has 4 rings (SSSR count). The summed E-state index contributed by atoms with van der Waals surface area (Å²) in [5, 5.41) is 0. The summed E-state index contributed by atoms with van der Waals surface area (Å²) in [4.78, 5) is 30.1. The monoisotopic (exact) mass is 376 g/mol. The van der Waals surface area contributed by atoms with E-state index in [4.69, 9.17) is 0 Å². The van der Waals surface area contributed by atoms with Crippen LogP contribution in [0.1, 0.15) is 40.7 Å². The molecule has 2 aromatic carbocycles. The Labute approximate surface area is 167 Å². The Balaban J connectivity index is 1.43. The van der Waals surface area contributed by atoms with Crippen LogP contribution in [-0.4, -0.2) is 47.8 Å². The van der Waals surface area contributed by atoms with E-state index in [2.05, 4.69) is 12.1 Å². The van der Waals surface area contributed by atoms with Crippen molar-refractivity contribution in [3.05, 3.63) is 71.3 Å². The molecule has 2 aliphatic heterocycles. The highest BCUT2D eigenvalue weighted by molar-refractivity contribution is 5.95. The predicted molar refractivity (Wildman–Crippen MR) is 110 cm³/mol. The molecule has 4 heteroatoms. The van der Waals surface area contributed by atoms with Gasteiger partial charge in [0.15, 0.2) is 0 Å². The number of carbonyl (C=O) groups is 2. The Morgan fingerprint density at radius 1 is 1.04 bits per heavy atom. The lowest BCUT2D eigenvalue weighted by Crippen LogP contribution is -2.50. The molecule has 2 amide bonds. The van der Waals surface area contributed by atoms with E-state index in [1.807, 2.05) is 59.2 Å². The van der Waals surface area contributed by atoms with Crippen LogP contribution in [-0.2, 0) is 11.2 Å². The molecule has 0 aliphatic carbocycles. The highest BCUT2D eigenvalue weighted by Gasteiger charge is 2.49. The Kier molecular flexibility index (Phi) is 5.21. The van der Waals surface area contributed by atoms with Crippen LogP contribution in [0, 0.1) is 12.3 Å². The number of hydrogen-bond donors (Lipinski definition) is 0. The van der Waals surface area contributed by atoms with Gasteiger partial charge in [-0.1, -0.05) is 48.0 Å². The highest BCUT2D eigenvalue weighted by Crippen LogP contribution is 2.40. The van der Waals surface area contributed by atoms with Crippen LogP contribution in [0.4, 0.5) is 0 Å². The van der Waals surface area contributed by atoms with Crippen molar-refractivity contribution in [1.29, 1.82) is 0 Å². The SMILES string of the molecule is Cc1cccc(C(=O)N2CCC3(CCCN(CCc4ccccc4)C3=O)C2)c1. The summed E-state index contributed by atoms with van der Waals surface area (Å²) in [7, 11) is 0. The molecule has 146 valence electrons. The quantitative estimate of drug-likeness (QED) is 0.816. The van der Waals surface area contributed by atoms with Crippen LogP contribution in [0.25, 0.3) is 0 Å². The van der Waals surface area contributed by atoms with E-state index in [1.165, 1.54) is 5.56 Å². The summed E-state index contributed by atoms with van der Waals surface area (Å²) in [6.07, 6.45) is 3.58. The van der Waals surface area contributed by atoms with Crippen molar-refractivity contribution in [3.63, 3.8) is 0 Å². The zero-order valence-electron chi connectivity index (χ0n) is 16.6. The Morgan fingerprint density at radius 2 is 1.86 bits per heavy atom. The standard InChI is InChI=1S/C24H28N2O2/c1-19-7-5-10-21(17-19)22(27)26-16-13-24(18-26)12-6-14-25(23(24)28)15-11-20-8-3-2-4-9-20/h2-5,7-10,17H,6,11-16,18H2,1H3. The van der Waals surface area contributed by atoms with E-state index in [9.17, 15) is 9.59 Å². The Hall–Kier alpha value is -2.62. The third-order valence-corrected chi connectivity index (χ3v) is 6.24. The average Bonchev–Trinajstić information content (AvgIpc) is 3.14. The summed E-state index contributed by atoms with van der Waals surface area (Å²) in [6.45, 7) is 4.82. The molecular weight excluding hydrogens is 348 g/mol. The average molecular weight is 377 g/mol.